The molecule has 172 valence electrons. The van der Waals surface area contributed by atoms with Gasteiger partial charge in [0.15, 0.2) is 5.96 Å². The molecule has 0 bridgehead atoms. The molecule has 0 radical (unpaired) electrons. The fourth-order valence-electron chi connectivity index (χ4n) is 3.41. The molecule has 9 nitrogen and oxygen atoms in total. The minimum absolute atomic E-state index is 0.0603. The summed E-state index contributed by atoms with van der Waals surface area (Å²) in [6.07, 6.45) is 4.42. The molecule has 2 aromatic carbocycles. The highest BCUT2D eigenvalue weighted by molar-refractivity contribution is 5.95. The number of rotatable bonds is 7. The number of nitrogens with two attached hydrogens (primary N) is 2. The van der Waals surface area contributed by atoms with E-state index in [0.717, 1.165) is 12.0 Å². The Kier molecular flexibility index (Phi) is 7.80. The van der Waals surface area contributed by atoms with Crippen LogP contribution in [0.5, 0.6) is 5.75 Å². The highest BCUT2D eigenvalue weighted by Crippen LogP contribution is 2.21. The van der Waals surface area contributed by atoms with Crippen LogP contribution in [-0.4, -0.2) is 47.9 Å². The minimum Gasteiger partial charge on any atom is -0.464 e. The number of hydrogen-bond donors (Lipinski definition) is 2. The largest absolute Gasteiger partial charge is 0.464 e. The first-order valence-corrected chi connectivity index (χ1v) is 10.5. The van der Waals surface area contributed by atoms with Crippen LogP contribution in [-0.2, 0) is 14.3 Å². The zero-order valence-electron chi connectivity index (χ0n) is 18.3. The number of carbonyl (C=O) groups excluding carboxylic acids is 3. The van der Waals surface area contributed by atoms with Crippen molar-refractivity contribution in [2.24, 2.45) is 16.5 Å². The van der Waals surface area contributed by atoms with E-state index in [1.165, 1.54) is 11.0 Å². The van der Waals surface area contributed by atoms with Crippen LogP contribution in [0.1, 0.15) is 35.7 Å². The number of amides is 1. The normalized spacial score (nSPS) is 15.3. The third kappa shape index (κ3) is 6.42. The van der Waals surface area contributed by atoms with E-state index in [1.54, 1.807) is 61.5 Å². The molecule has 1 fully saturated rings. The molecule has 1 amide bonds. The molecule has 0 aromatic heterocycles. The Bertz CT molecular complexity index is 1060. The van der Waals surface area contributed by atoms with Gasteiger partial charge in [-0.05, 0) is 67.8 Å². The lowest BCUT2D eigenvalue weighted by atomic mass is 10.1. The summed E-state index contributed by atoms with van der Waals surface area (Å²) in [5.74, 6) is -0.852. The molecule has 0 spiro atoms. The Morgan fingerprint density at radius 1 is 1.09 bits per heavy atom. The number of esters is 2. The average molecular weight is 450 g/mol. The van der Waals surface area contributed by atoms with Crippen molar-refractivity contribution in [3.05, 3.63) is 65.7 Å². The molecule has 0 unspecified atom stereocenters. The summed E-state index contributed by atoms with van der Waals surface area (Å²) < 4.78 is 10.4. The molecule has 1 atom stereocenters. The number of aliphatic imine (C=N–C) groups is 1. The van der Waals surface area contributed by atoms with Crippen LogP contribution in [0.3, 0.4) is 0 Å². The van der Waals surface area contributed by atoms with Crippen molar-refractivity contribution < 1.29 is 23.9 Å². The van der Waals surface area contributed by atoms with E-state index in [4.69, 9.17) is 20.9 Å². The maximum atomic E-state index is 12.5. The second-order valence-corrected chi connectivity index (χ2v) is 7.32. The molecule has 9 heteroatoms. The number of carbonyl (C=O) groups is 3. The molecule has 0 saturated carbocycles. The van der Waals surface area contributed by atoms with E-state index < -0.39 is 12.0 Å². The quantitative estimate of drug-likeness (QED) is 0.217. The van der Waals surface area contributed by atoms with Crippen molar-refractivity contribution >= 4 is 35.6 Å². The highest BCUT2D eigenvalue weighted by atomic mass is 16.5. The van der Waals surface area contributed by atoms with Crippen LogP contribution >= 0.6 is 0 Å². The van der Waals surface area contributed by atoms with Crippen molar-refractivity contribution in [1.82, 2.24) is 4.90 Å². The van der Waals surface area contributed by atoms with Crippen molar-refractivity contribution in [1.29, 1.82) is 0 Å². The number of guanidine groups is 1. The molecule has 1 heterocycles. The Labute approximate surface area is 191 Å². The third-order valence-electron chi connectivity index (χ3n) is 4.96. The second-order valence-electron chi connectivity index (χ2n) is 7.32. The van der Waals surface area contributed by atoms with Gasteiger partial charge >= 0.3 is 11.9 Å². The summed E-state index contributed by atoms with van der Waals surface area (Å²) >= 11 is 0. The van der Waals surface area contributed by atoms with E-state index in [1.807, 2.05) is 0 Å². The molecule has 1 aliphatic rings. The van der Waals surface area contributed by atoms with E-state index in [2.05, 4.69) is 4.99 Å². The van der Waals surface area contributed by atoms with Crippen molar-refractivity contribution in [3.8, 4) is 5.75 Å². The lowest BCUT2D eigenvalue weighted by molar-refractivity contribution is -0.151. The fraction of sp³-hybridized carbons (Fsp3) is 0.250. The van der Waals surface area contributed by atoms with Gasteiger partial charge in [0.05, 0.1) is 17.9 Å². The molecule has 3 rings (SSSR count). The maximum absolute atomic E-state index is 12.5. The van der Waals surface area contributed by atoms with Gasteiger partial charge in [0.1, 0.15) is 11.8 Å². The summed E-state index contributed by atoms with van der Waals surface area (Å²) in [4.78, 5) is 42.4. The predicted molar refractivity (Wildman–Crippen MR) is 124 cm³/mol. The van der Waals surface area contributed by atoms with Gasteiger partial charge in [-0.1, -0.05) is 12.1 Å². The monoisotopic (exact) mass is 450 g/mol. The number of likely N-dealkylation sites (tertiary alicyclic amines) is 1. The molecular weight excluding hydrogens is 424 g/mol. The summed E-state index contributed by atoms with van der Waals surface area (Å²) in [5.41, 5.74) is 12.3. The van der Waals surface area contributed by atoms with Gasteiger partial charge in [-0.2, -0.15) is 0 Å². The predicted octanol–water partition coefficient (Wildman–Crippen LogP) is 2.38. The minimum atomic E-state index is -0.534. The van der Waals surface area contributed by atoms with Crippen LogP contribution in [0, 0.1) is 0 Å². The summed E-state index contributed by atoms with van der Waals surface area (Å²) in [6.45, 7) is 2.54. The summed E-state index contributed by atoms with van der Waals surface area (Å²) in [6, 6.07) is 12.5. The third-order valence-corrected chi connectivity index (χ3v) is 4.96. The fourth-order valence-corrected chi connectivity index (χ4v) is 3.41. The lowest BCUT2D eigenvalue weighted by Gasteiger charge is -2.21. The second kappa shape index (κ2) is 10.9. The van der Waals surface area contributed by atoms with Crippen molar-refractivity contribution in [2.75, 3.05) is 13.2 Å². The molecular formula is C24H26N4O5. The highest BCUT2D eigenvalue weighted by Gasteiger charge is 2.34. The van der Waals surface area contributed by atoms with E-state index in [0.29, 0.717) is 30.0 Å². The first-order chi connectivity index (χ1) is 15.9. The van der Waals surface area contributed by atoms with Gasteiger partial charge in [-0.25, -0.2) is 14.6 Å². The molecule has 1 saturated heterocycles. The molecule has 2 aromatic rings. The zero-order valence-corrected chi connectivity index (χ0v) is 18.3. The Hall–Kier alpha value is -4.14. The van der Waals surface area contributed by atoms with Crippen LogP contribution in [0.4, 0.5) is 5.69 Å². The van der Waals surface area contributed by atoms with Gasteiger partial charge in [0.25, 0.3) is 0 Å². The van der Waals surface area contributed by atoms with E-state index in [9.17, 15) is 14.4 Å². The lowest BCUT2D eigenvalue weighted by Crippen LogP contribution is -2.40. The van der Waals surface area contributed by atoms with Gasteiger partial charge in [-0.15, -0.1) is 0 Å². The molecule has 0 aliphatic carbocycles. The first kappa shape index (κ1) is 23.5. The van der Waals surface area contributed by atoms with Gasteiger partial charge < -0.3 is 25.8 Å². The maximum Gasteiger partial charge on any atom is 0.343 e. The van der Waals surface area contributed by atoms with Gasteiger partial charge in [0.2, 0.25) is 5.91 Å². The van der Waals surface area contributed by atoms with Gasteiger partial charge in [-0.3, -0.25) is 4.79 Å². The molecule has 4 N–H and O–H groups in total. The van der Waals surface area contributed by atoms with E-state index in [-0.39, 0.29) is 24.4 Å². The number of ether oxygens (including phenoxy) is 2. The summed E-state index contributed by atoms with van der Waals surface area (Å²) in [5, 5.41) is 0. The zero-order chi connectivity index (χ0) is 23.8. The summed E-state index contributed by atoms with van der Waals surface area (Å²) in [7, 11) is 0. The van der Waals surface area contributed by atoms with Crippen molar-refractivity contribution in [3.63, 3.8) is 0 Å². The Morgan fingerprint density at radius 2 is 1.79 bits per heavy atom. The van der Waals surface area contributed by atoms with Crippen molar-refractivity contribution in [2.45, 2.75) is 25.8 Å². The smallest absolute Gasteiger partial charge is 0.343 e. The Morgan fingerprint density at radius 3 is 2.42 bits per heavy atom. The first-order valence-electron chi connectivity index (χ1n) is 10.5. The van der Waals surface area contributed by atoms with Crippen LogP contribution < -0.4 is 16.2 Å². The van der Waals surface area contributed by atoms with Crippen LogP contribution in [0.25, 0.3) is 6.08 Å². The van der Waals surface area contributed by atoms with E-state index >= 15 is 0 Å². The molecule has 1 aliphatic heterocycles. The number of nitrogens with zero attached hydrogens (tertiary/aromatic N) is 2. The number of hydrogen-bond acceptors (Lipinski definition) is 6. The van der Waals surface area contributed by atoms with Gasteiger partial charge in [0, 0.05) is 12.6 Å². The van der Waals surface area contributed by atoms with Crippen LogP contribution in [0.2, 0.25) is 0 Å². The molecule has 33 heavy (non-hydrogen) atoms. The van der Waals surface area contributed by atoms with Crippen LogP contribution in [0.15, 0.2) is 59.6 Å². The standard InChI is InChI=1S/C24H26N4O5/c1-2-32-23(31)20-4-3-15-28(20)21(29)14-7-16-5-8-17(9-6-16)22(30)33-19-12-10-18(11-13-19)27-24(25)26/h5-14,20H,2-4,15H2,1H3,(H4,25,26,27)/b14-7+/t20-/m0/s1. The topological polar surface area (TPSA) is 137 Å². The Balaban J connectivity index is 1.58. The SMILES string of the molecule is CCOC(=O)[C@@H]1CCCN1C(=O)/C=C/c1ccc(C(=O)Oc2ccc(N=C(N)N)cc2)cc1. The average Bonchev–Trinajstić information content (AvgIpc) is 3.29. The number of benzene rings is 2.